The molecule has 2 heterocycles. The van der Waals surface area contributed by atoms with Crippen molar-refractivity contribution in [2.45, 2.75) is 31.8 Å². The third-order valence-corrected chi connectivity index (χ3v) is 6.38. The lowest BCUT2D eigenvalue weighted by atomic mass is 10.4. The zero-order valence-electron chi connectivity index (χ0n) is 12.4. The molecule has 0 aliphatic rings. The van der Waals surface area contributed by atoms with E-state index in [-0.39, 0.29) is 6.54 Å². The molecule has 2 aromatic rings. The molecule has 2 rings (SSSR count). The van der Waals surface area contributed by atoms with Crippen molar-refractivity contribution in [2.24, 2.45) is 0 Å². The molecule has 0 aliphatic carbocycles. The van der Waals surface area contributed by atoms with Crippen LogP contribution in [0.4, 0.5) is 0 Å². The van der Waals surface area contributed by atoms with E-state index < -0.39 is 10.0 Å². The van der Waals surface area contributed by atoms with Gasteiger partial charge in [0.15, 0.2) is 0 Å². The van der Waals surface area contributed by atoms with Gasteiger partial charge in [-0.25, -0.2) is 8.42 Å². The highest BCUT2D eigenvalue weighted by Crippen LogP contribution is 2.29. The number of sulfonamides is 1. The van der Waals surface area contributed by atoms with Gasteiger partial charge in [-0.05, 0) is 32.2 Å². The van der Waals surface area contributed by atoms with Gasteiger partial charge in [0, 0.05) is 22.8 Å². The van der Waals surface area contributed by atoms with Gasteiger partial charge in [0.1, 0.15) is 5.76 Å². The second kappa shape index (κ2) is 6.74. The summed E-state index contributed by atoms with van der Waals surface area (Å²) in [7, 11) is -1.65. The van der Waals surface area contributed by atoms with Gasteiger partial charge in [-0.15, -0.1) is 11.3 Å². The molecule has 0 radical (unpaired) electrons. The van der Waals surface area contributed by atoms with Crippen molar-refractivity contribution < 1.29 is 12.8 Å². The second-order valence-corrected chi connectivity index (χ2v) is 7.92. The summed E-state index contributed by atoms with van der Waals surface area (Å²) < 4.78 is 32.3. The molecule has 0 bridgehead atoms. The largest absolute Gasteiger partial charge is 0.468 e. The molecule has 1 N–H and O–H groups in total. The predicted molar refractivity (Wildman–Crippen MR) is 83.8 cm³/mol. The molecular formula is C14H20N2O3S2. The van der Waals surface area contributed by atoms with Crippen molar-refractivity contribution in [3.63, 3.8) is 0 Å². The Balaban J connectivity index is 2.30. The molecule has 0 saturated carbocycles. The normalized spacial score (nSPS) is 12.2. The minimum absolute atomic E-state index is 0.252. The highest BCUT2D eigenvalue weighted by Gasteiger charge is 2.27. The SMILES string of the molecule is CCN(Cc1ccco1)S(=O)(=O)c1cc(CNC)sc1C. The van der Waals surface area contributed by atoms with Gasteiger partial charge in [0.25, 0.3) is 0 Å². The van der Waals surface area contributed by atoms with Gasteiger partial charge in [-0.3, -0.25) is 0 Å². The lowest BCUT2D eigenvalue weighted by Crippen LogP contribution is -2.30. The summed E-state index contributed by atoms with van der Waals surface area (Å²) in [5.41, 5.74) is 0. The average Bonchev–Trinajstić information content (AvgIpc) is 3.06. The number of rotatable bonds is 7. The molecule has 116 valence electrons. The topological polar surface area (TPSA) is 62.6 Å². The van der Waals surface area contributed by atoms with Gasteiger partial charge in [0.2, 0.25) is 10.0 Å². The fourth-order valence-corrected chi connectivity index (χ4v) is 5.16. The Hall–Kier alpha value is -1.15. The molecule has 21 heavy (non-hydrogen) atoms. The van der Waals surface area contributed by atoms with Gasteiger partial charge < -0.3 is 9.73 Å². The lowest BCUT2D eigenvalue weighted by Gasteiger charge is -2.19. The van der Waals surface area contributed by atoms with E-state index in [0.29, 0.717) is 23.7 Å². The molecule has 5 nitrogen and oxygen atoms in total. The number of nitrogens with zero attached hydrogens (tertiary/aromatic N) is 1. The summed E-state index contributed by atoms with van der Waals surface area (Å²) in [6.45, 7) is 5.00. The minimum Gasteiger partial charge on any atom is -0.468 e. The smallest absolute Gasteiger partial charge is 0.244 e. The quantitative estimate of drug-likeness (QED) is 0.848. The van der Waals surface area contributed by atoms with Crippen LogP contribution in [0.15, 0.2) is 33.8 Å². The van der Waals surface area contributed by atoms with E-state index in [1.807, 2.05) is 20.9 Å². The third-order valence-electron chi connectivity index (χ3n) is 3.16. The van der Waals surface area contributed by atoms with Gasteiger partial charge in [-0.2, -0.15) is 4.31 Å². The summed E-state index contributed by atoms with van der Waals surface area (Å²) >= 11 is 1.51. The maximum Gasteiger partial charge on any atom is 0.244 e. The van der Waals surface area contributed by atoms with Crippen LogP contribution in [0.1, 0.15) is 22.4 Å². The van der Waals surface area contributed by atoms with Crippen molar-refractivity contribution in [2.75, 3.05) is 13.6 Å². The van der Waals surface area contributed by atoms with E-state index in [0.717, 1.165) is 9.75 Å². The van der Waals surface area contributed by atoms with Crippen molar-refractivity contribution in [3.05, 3.63) is 40.0 Å². The van der Waals surface area contributed by atoms with E-state index in [2.05, 4.69) is 5.32 Å². The molecule has 0 atom stereocenters. The van der Waals surface area contributed by atoms with Crippen LogP contribution in [-0.4, -0.2) is 26.3 Å². The molecule has 0 saturated heterocycles. The Morgan fingerprint density at radius 1 is 1.43 bits per heavy atom. The summed E-state index contributed by atoms with van der Waals surface area (Å²) in [5.74, 6) is 0.642. The molecular weight excluding hydrogens is 308 g/mol. The van der Waals surface area contributed by atoms with E-state index >= 15 is 0 Å². The standard InChI is InChI=1S/C14H20N2O3S2/c1-4-16(10-12-6-5-7-19-12)21(17,18)14-8-13(9-15-3)20-11(14)2/h5-8,15H,4,9-10H2,1-3H3. The van der Waals surface area contributed by atoms with Crippen LogP contribution in [0.5, 0.6) is 0 Å². The predicted octanol–water partition coefficient (Wildman–Crippen LogP) is 2.58. The Bertz CT molecular complexity index is 675. The zero-order valence-corrected chi connectivity index (χ0v) is 14.1. The van der Waals surface area contributed by atoms with Gasteiger partial charge >= 0.3 is 0 Å². The maximum atomic E-state index is 12.8. The number of aryl methyl sites for hydroxylation is 1. The molecule has 0 spiro atoms. The van der Waals surface area contributed by atoms with Crippen molar-refractivity contribution in [1.82, 2.24) is 9.62 Å². The van der Waals surface area contributed by atoms with E-state index in [4.69, 9.17) is 4.42 Å². The lowest BCUT2D eigenvalue weighted by molar-refractivity contribution is 0.375. The van der Waals surface area contributed by atoms with E-state index in [9.17, 15) is 8.42 Å². The van der Waals surface area contributed by atoms with Crippen molar-refractivity contribution in [3.8, 4) is 0 Å². The fourth-order valence-electron chi connectivity index (χ4n) is 2.12. The number of furan rings is 1. The highest BCUT2D eigenvalue weighted by atomic mass is 32.2. The zero-order chi connectivity index (χ0) is 15.5. The Morgan fingerprint density at radius 2 is 2.19 bits per heavy atom. The molecule has 0 unspecified atom stereocenters. The number of hydrogen-bond donors (Lipinski definition) is 1. The second-order valence-electron chi connectivity index (χ2n) is 4.67. The summed E-state index contributed by atoms with van der Waals surface area (Å²) in [4.78, 5) is 2.23. The average molecular weight is 328 g/mol. The Kier molecular flexibility index (Phi) is 5.21. The van der Waals surface area contributed by atoms with Crippen LogP contribution in [0.2, 0.25) is 0 Å². The van der Waals surface area contributed by atoms with Crippen LogP contribution in [0, 0.1) is 6.92 Å². The summed E-state index contributed by atoms with van der Waals surface area (Å²) in [6.07, 6.45) is 1.55. The van der Waals surface area contributed by atoms with Crippen LogP contribution in [0.25, 0.3) is 0 Å². The Morgan fingerprint density at radius 3 is 2.76 bits per heavy atom. The Labute approximate surface area is 129 Å². The molecule has 0 aromatic carbocycles. The number of thiophene rings is 1. The van der Waals surface area contributed by atoms with Gasteiger partial charge in [0.05, 0.1) is 17.7 Å². The summed E-state index contributed by atoms with van der Waals surface area (Å²) in [6, 6.07) is 5.30. The van der Waals surface area contributed by atoms with E-state index in [1.165, 1.54) is 15.6 Å². The first-order chi connectivity index (χ1) is 9.98. The van der Waals surface area contributed by atoms with Crippen LogP contribution in [0.3, 0.4) is 0 Å². The first kappa shape index (κ1) is 16.2. The van der Waals surface area contributed by atoms with Crippen LogP contribution in [-0.2, 0) is 23.1 Å². The first-order valence-electron chi connectivity index (χ1n) is 6.75. The minimum atomic E-state index is -3.50. The molecule has 0 amide bonds. The highest BCUT2D eigenvalue weighted by molar-refractivity contribution is 7.89. The van der Waals surface area contributed by atoms with Crippen molar-refractivity contribution in [1.29, 1.82) is 0 Å². The fraction of sp³-hybridized carbons (Fsp3) is 0.429. The molecule has 0 fully saturated rings. The third kappa shape index (κ3) is 3.55. The van der Waals surface area contributed by atoms with Crippen molar-refractivity contribution >= 4 is 21.4 Å². The first-order valence-corrected chi connectivity index (χ1v) is 9.01. The molecule has 2 aromatic heterocycles. The maximum absolute atomic E-state index is 12.8. The van der Waals surface area contributed by atoms with Crippen LogP contribution >= 0.6 is 11.3 Å². The van der Waals surface area contributed by atoms with E-state index in [1.54, 1.807) is 24.5 Å². The van der Waals surface area contributed by atoms with Crippen LogP contribution < -0.4 is 5.32 Å². The monoisotopic (exact) mass is 328 g/mol. The van der Waals surface area contributed by atoms with Gasteiger partial charge in [-0.1, -0.05) is 6.92 Å². The number of hydrogen-bond acceptors (Lipinski definition) is 5. The molecule has 0 aliphatic heterocycles. The summed E-state index contributed by atoms with van der Waals surface area (Å²) in [5, 5.41) is 3.04. The number of nitrogens with one attached hydrogen (secondary N) is 1. The molecule has 7 heteroatoms.